The summed E-state index contributed by atoms with van der Waals surface area (Å²) in [5, 5.41) is 0. The standard InChI is InChI=1S/C20H18FNO4/c1-3-10-25-17-9-4-13(12-18(17)24-2)11-16-20(23)26-19(22-16)14-5-7-15(21)8-6-14/h4-9,11-12H,3,10H2,1-2H3/b16-11+. The second-order valence-corrected chi connectivity index (χ2v) is 5.60. The molecule has 0 aromatic heterocycles. The molecule has 0 radical (unpaired) electrons. The molecule has 26 heavy (non-hydrogen) atoms. The van der Waals surface area contributed by atoms with Crippen molar-refractivity contribution in [3.05, 3.63) is 65.1 Å². The molecule has 0 aliphatic carbocycles. The Morgan fingerprint density at radius 2 is 1.92 bits per heavy atom. The highest BCUT2D eigenvalue weighted by molar-refractivity contribution is 6.12. The van der Waals surface area contributed by atoms with Gasteiger partial charge in [-0.1, -0.05) is 13.0 Å². The first-order valence-corrected chi connectivity index (χ1v) is 8.20. The minimum atomic E-state index is -0.561. The lowest BCUT2D eigenvalue weighted by Crippen LogP contribution is -2.05. The summed E-state index contributed by atoms with van der Waals surface area (Å²) in [5.74, 6) is 0.431. The van der Waals surface area contributed by atoms with Gasteiger partial charge in [0.15, 0.2) is 17.2 Å². The Balaban J connectivity index is 1.86. The number of methoxy groups -OCH3 is 1. The fourth-order valence-corrected chi connectivity index (χ4v) is 2.39. The van der Waals surface area contributed by atoms with Crippen LogP contribution in [0.3, 0.4) is 0 Å². The van der Waals surface area contributed by atoms with Crippen LogP contribution < -0.4 is 9.47 Å². The van der Waals surface area contributed by atoms with Crippen LogP contribution in [0.15, 0.2) is 53.2 Å². The first kappa shape index (κ1) is 17.7. The molecule has 6 heteroatoms. The van der Waals surface area contributed by atoms with Gasteiger partial charge in [0.25, 0.3) is 0 Å². The largest absolute Gasteiger partial charge is 0.493 e. The maximum Gasteiger partial charge on any atom is 0.363 e. The third kappa shape index (κ3) is 3.91. The second-order valence-electron chi connectivity index (χ2n) is 5.60. The molecule has 2 aromatic carbocycles. The Labute approximate surface area is 150 Å². The predicted octanol–water partition coefficient (Wildman–Crippen LogP) is 3.97. The molecule has 1 aliphatic rings. The quantitative estimate of drug-likeness (QED) is 0.581. The van der Waals surface area contributed by atoms with Gasteiger partial charge in [-0.25, -0.2) is 14.2 Å². The zero-order valence-corrected chi connectivity index (χ0v) is 14.5. The Hall–Kier alpha value is -3.15. The van der Waals surface area contributed by atoms with Crippen LogP contribution in [0, 0.1) is 5.82 Å². The van der Waals surface area contributed by atoms with Gasteiger partial charge < -0.3 is 14.2 Å². The lowest BCUT2D eigenvalue weighted by molar-refractivity contribution is -0.129. The van der Waals surface area contributed by atoms with Crippen molar-refractivity contribution in [1.82, 2.24) is 0 Å². The topological polar surface area (TPSA) is 57.1 Å². The summed E-state index contributed by atoms with van der Waals surface area (Å²) in [6.07, 6.45) is 2.49. The average Bonchev–Trinajstić information content (AvgIpc) is 3.01. The van der Waals surface area contributed by atoms with Crippen molar-refractivity contribution in [1.29, 1.82) is 0 Å². The van der Waals surface area contributed by atoms with E-state index in [0.29, 0.717) is 23.7 Å². The van der Waals surface area contributed by atoms with E-state index in [1.807, 2.05) is 6.92 Å². The molecule has 0 N–H and O–H groups in total. The molecule has 5 nitrogen and oxygen atoms in total. The van der Waals surface area contributed by atoms with Crippen molar-refractivity contribution >= 4 is 17.9 Å². The van der Waals surface area contributed by atoms with E-state index in [1.54, 1.807) is 31.4 Å². The first-order valence-electron chi connectivity index (χ1n) is 8.20. The molecule has 0 bridgehead atoms. The maximum atomic E-state index is 13.0. The van der Waals surface area contributed by atoms with E-state index in [2.05, 4.69) is 4.99 Å². The van der Waals surface area contributed by atoms with Crippen LogP contribution in [0.5, 0.6) is 11.5 Å². The van der Waals surface area contributed by atoms with Crippen molar-refractivity contribution in [2.24, 2.45) is 4.99 Å². The Morgan fingerprint density at radius 1 is 1.15 bits per heavy atom. The molecule has 0 atom stereocenters. The van der Waals surface area contributed by atoms with Crippen LogP contribution in [0.4, 0.5) is 4.39 Å². The molecule has 0 saturated carbocycles. The van der Waals surface area contributed by atoms with E-state index in [-0.39, 0.29) is 17.4 Å². The Morgan fingerprint density at radius 3 is 2.62 bits per heavy atom. The highest BCUT2D eigenvalue weighted by Crippen LogP contribution is 2.30. The maximum absolute atomic E-state index is 13.0. The van der Waals surface area contributed by atoms with E-state index < -0.39 is 5.97 Å². The van der Waals surface area contributed by atoms with Crippen molar-refractivity contribution in [3.8, 4) is 11.5 Å². The normalized spacial score (nSPS) is 15.0. The molecule has 0 spiro atoms. The van der Waals surface area contributed by atoms with E-state index in [4.69, 9.17) is 14.2 Å². The first-order chi connectivity index (χ1) is 12.6. The number of ether oxygens (including phenoxy) is 3. The minimum absolute atomic E-state index is 0.149. The molecule has 3 rings (SSSR count). The molecular formula is C20H18FNO4. The van der Waals surface area contributed by atoms with Crippen LogP contribution >= 0.6 is 0 Å². The van der Waals surface area contributed by atoms with Crippen LogP contribution in [-0.4, -0.2) is 25.6 Å². The molecule has 134 valence electrons. The lowest BCUT2D eigenvalue weighted by Gasteiger charge is -2.10. The van der Waals surface area contributed by atoms with Crippen molar-refractivity contribution in [2.45, 2.75) is 13.3 Å². The number of hydrogen-bond acceptors (Lipinski definition) is 5. The number of halogens is 1. The van der Waals surface area contributed by atoms with Gasteiger partial charge in [0.2, 0.25) is 5.90 Å². The van der Waals surface area contributed by atoms with Crippen molar-refractivity contribution in [3.63, 3.8) is 0 Å². The van der Waals surface area contributed by atoms with Crippen molar-refractivity contribution < 1.29 is 23.4 Å². The zero-order chi connectivity index (χ0) is 18.5. The second kappa shape index (κ2) is 7.82. The third-order valence-corrected chi connectivity index (χ3v) is 3.66. The molecular weight excluding hydrogens is 337 g/mol. The lowest BCUT2D eigenvalue weighted by atomic mass is 10.1. The van der Waals surface area contributed by atoms with E-state index in [0.717, 1.165) is 12.0 Å². The number of hydrogen-bond donors (Lipinski definition) is 0. The van der Waals surface area contributed by atoms with Gasteiger partial charge >= 0.3 is 5.97 Å². The Kier molecular flexibility index (Phi) is 5.31. The summed E-state index contributed by atoms with van der Waals surface area (Å²) in [6, 6.07) is 10.9. The Bertz CT molecular complexity index is 872. The highest BCUT2D eigenvalue weighted by atomic mass is 19.1. The summed E-state index contributed by atoms with van der Waals surface area (Å²) >= 11 is 0. The molecule has 2 aromatic rings. The number of nitrogens with zero attached hydrogens (tertiary/aromatic N) is 1. The van der Waals surface area contributed by atoms with Crippen molar-refractivity contribution in [2.75, 3.05) is 13.7 Å². The predicted molar refractivity (Wildman–Crippen MR) is 95.8 cm³/mol. The van der Waals surface area contributed by atoms with Crippen LogP contribution in [0.25, 0.3) is 6.08 Å². The van der Waals surface area contributed by atoms with E-state index >= 15 is 0 Å². The molecule has 1 heterocycles. The zero-order valence-electron chi connectivity index (χ0n) is 14.5. The number of cyclic esters (lactones) is 1. The van der Waals surface area contributed by atoms with Crippen LogP contribution in [0.1, 0.15) is 24.5 Å². The minimum Gasteiger partial charge on any atom is -0.493 e. The van der Waals surface area contributed by atoms with Gasteiger partial charge in [-0.15, -0.1) is 0 Å². The number of carbonyl (C=O) groups excluding carboxylic acids is 1. The summed E-state index contributed by atoms with van der Waals surface area (Å²) in [7, 11) is 1.56. The fourth-order valence-electron chi connectivity index (χ4n) is 2.39. The molecule has 1 aliphatic heterocycles. The van der Waals surface area contributed by atoms with E-state index in [1.165, 1.54) is 24.3 Å². The summed E-state index contributed by atoms with van der Waals surface area (Å²) < 4.78 is 29.1. The van der Waals surface area contributed by atoms with Gasteiger partial charge in [-0.05, 0) is 54.5 Å². The number of esters is 1. The monoisotopic (exact) mass is 355 g/mol. The molecule has 0 saturated heterocycles. The molecule has 0 unspecified atom stereocenters. The number of carbonyl (C=O) groups is 1. The average molecular weight is 355 g/mol. The number of rotatable bonds is 6. The SMILES string of the molecule is CCCOc1ccc(/C=C2/N=C(c3ccc(F)cc3)OC2=O)cc1OC. The summed E-state index contributed by atoms with van der Waals surface area (Å²) in [6.45, 7) is 2.61. The highest BCUT2D eigenvalue weighted by Gasteiger charge is 2.24. The van der Waals surface area contributed by atoms with Gasteiger partial charge in [0, 0.05) is 5.56 Å². The number of benzene rings is 2. The van der Waals surface area contributed by atoms with Gasteiger partial charge in [-0.3, -0.25) is 0 Å². The number of aliphatic imine (C=N–C) groups is 1. The van der Waals surface area contributed by atoms with Crippen LogP contribution in [-0.2, 0) is 9.53 Å². The van der Waals surface area contributed by atoms with Gasteiger partial charge in [0.05, 0.1) is 13.7 Å². The van der Waals surface area contributed by atoms with E-state index in [9.17, 15) is 9.18 Å². The molecule has 0 fully saturated rings. The molecule has 0 amide bonds. The van der Waals surface area contributed by atoms with Gasteiger partial charge in [0.1, 0.15) is 5.82 Å². The fraction of sp³-hybridized carbons (Fsp3) is 0.200. The smallest absolute Gasteiger partial charge is 0.363 e. The van der Waals surface area contributed by atoms with Gasteiger partial charge in [-0.2, -0.15) is 0 Å². The summed E-state index contributed by atoms with van der Waals surface area (Å²) in [5.41, 5.74) is 1.42. The van der Waals surface area contributed by atoms with Crippen LogP contribution in [0.2, 0.25) is 0 Å². The third-order valence-electron chi connectivity index (χ3n) is 3.66. The summed E-state index contributed by atoms with van der Waals surface area (Å²) in [4.78, 5) is 16.3.